The zero-order valence-electron chi connectivity index (χ0n) is 12.3. The zero-order chi connectivity index (χ0) is 17.6. The number of hydrogen-bond donors (Lipinski definition) is 0. The molecule has 1 heterocycles. The molecule has 0 spiro atoms. The molecule has 126 valence electrons. The van der Waals surface area contributed by atoms with Crippen molar-refractivity contribution in [2.45, 2.75) is 25.4 Å². The van der Waals surface area contributed by atoms with Crippen molar-refractivity contribution in [2.75, 3.05) is 12.5 Å². The second-order valence-corrected chi connectivity index (χ2v) is 12.2. The Hall–Kier alpha value is -1.30. The van der Waals surface area contributed by atoms with Crippen LogP contribution in [0.4, 0.5) is 0 Å². The number of benzene rings is 1. The summed E-state index contributed by atoms with van der Waals surface area (Å²) in [4.78, 5) is 3.43. The number of aromatic nitrogens is 1. The van der Waals surface area contributed by atoms with Gasteiger partial charge in [-0.25, -0.2) is 30.2 Å². The van der Waals surface area contributed by atoms with Gasteiger partial charge < -0.3 is 0 Å². The molecule has 0 radical (unpaired) electrons. The van der Waals surface area contributed by atoms with Crippen LogP contribution in [0.15, 0.2) is 42.7 Å². The molecular formula is C12H13NO6S4. The Bertz CT molecular complexity index is 1060. The van der Waals surface area contributed by atoms with Crippen LogP contribution in [0.5, 0.6) is 0 Å². The molecule has 0 amide bonds. The van der Waals surface area contributed by atoms with E-state index in [1.54, 1.807) is 19.1 Å². The maximum absolute atomic E-state index is 12.6. The molecule has 7 nitrogen and oxygen atoms in total. The number of hydrogen-bond acceptors (Lipinski definition) is 8. The Morgan fingerprint density at radius 3 is 1.83 bits per heavy atom. The van der Waals surface area contributed by atoms with Crippen LogP contribution in [0.1, 0.15) is 5.56 Å². The number of aryl methyl sites for hydroxylation is 1. The van der Waals surface area contributed by atoms with Crippen molar-refractivity contribution in [1.82, 2.24) is 4.98 Å². The highest BCUT2D eigenvalue weighted by Crippen LogP contribution is 2.33. The molecule has 1 aromatic heterocycles. The largest absolute Gasteiger partial charge is 0.226 e. The van der Waals surface area contributed by atoms with Crippen molar-refractivity contribution >= 4 is 40.8 Å². The topological polar surface area (TPSA) is 115 Å². The third-order valence-electron chi connectivity index (χ3n) is 2.79. The number of sulfone groups is 3. The van der Waals surface area contributed by atoms with Crippen molar-refractivity contribution in [3.63, 3.8) is 0 Å². The van der Waals surface area contributed by atoms with E-state index in [0.717, 1.165) is 18.1 Å². The Morgan fingerprint density at radius 2 is 1.39 bits per heavy atom. The van der Waals surface area contributed by atoms with E-state index in [1.807, 2.05) is 0 Å². The van der Waals surface area contributed by atoms with Gasteiger partial charge in [-0.15, -0.1) is 0 Å². The Morgan fingerprint density at radius 1 is 0.870 bits per heavy atom. The summed E-state index contributed by atoms with van der Waals surface area (Å²) in [5.41, 5.74) is 0.822. The lowest BCUT2D eigenvalue weighted by Crippen LogP contribution is -2.08. The molecule has 0 saturated heterocycles. The quantitative estimate of drug-likeness (QED) is 0.761. The van der Waals surface area contributed by atoms with Gasteiger partial charge in [0.25, 0.3) is 0 Å². The van der Waals surface area contributed by atoms with E-state index in [0.29, 0.717) is 11.3 Å². The summed E-state index contributed by atoms with van der Waals surface area (Å²) < 4.78 is 71.0. The molecule has 0 bridgehead atoms. The SMILES string of the molecule is Cc1ccc(S(=O)(=O)c2nc(S(C)(=O)=O)sc2S(C)(=O)=O)cc1. The molecule has 23 heavy (non-hydrogen) atoms. The number of nitrogens with zero attached hydrogens (tertiary/aromatic N) is 1. The van der Waals surface area contributed by atoms with Gasteiger partial charge in [-0.05, 0) is 19.1 Å². The van der Waals surface area contributed by atoms with E-state index in [2.05, 4.69) is 4.98 Å². The van der Waals surface area contributed by atoms with Gasteiger partial charge in [0, 0.05) is 12.5 Å². The number of rotatable bonds is 4. The number of thiazole rings is 1. The van der Waals surface area contributed by atoms with Gasteiger partial charge in [-0.2, -0.15) is 0 Å². The van der Waals surface area contributed by atoms with E-state index in [9.17, 15) is 25.3 Å². The lowest BCUT2D eigenvalue weighted by molar-refractivity contribution is 0.581. The first kappa shape index (κ1) is 18.0. The maximum Gasteiger partial charge on any atom is 0.226 e. The summed E-state index contributed by atoms with van der Waals surface area (Å²) in [5, 5.41) is -0.755. The monoisotopic (exact) mass is 395 g/mol. The highest BCUT2D eigenvalue weighted by Gasteiger charge is 2.33. The highest BCUT2D eigenvalue weighted by atomic mass is 32.3. The van der Waals surface area contributed by atoms with Crippen molar-refractivity contribution in [3.05, 3.63) is 29.8 Å². The normalized spacial score (nSPS) is 13.2. The van der Waals surface area contributed by atoms with Crippen LogP contribution in [0.2, 0.25) is 0 Å². The van der Waals surface area contributed by atoms with E-state index < -0.39 is 43.1 Å². The van der Waals surface area contributed by atoms with Crippen LogP contribution in [-0.2, 0) is 29.5 Å². The van der Waals surface area contributed by atoms with Gasteiger partial charge in [0.05, 0.1) is 4.90 Å². The van der Waals surface area contributed by atoms with Gasteiger partial charge in [-0.3, -0.25) is 0 Å². The molecule has 0 aliphatic carbocycles. The molecule has 0 unspecified atom stereocenters. The van der Waals surface area contributed by atoms with Crippen LogP contribution in [0.3, 0.4) is 0 Å². The highest BCUT2D eigenvalue weighted by molar-refractivity contribution is 7.97. The first-order valence-electron chi connectivity index (χ1n) is 6.06. The molecule has 2 aromatic rings. The van der Waals surface area contributed by atoms with E-state index in [-0.39, 0.29) is 4.90 Å². The standard InChI is InChI=1S/C12H13NO6S4/c1-8-4-6-9(7-5-8)23(18,19)10-11(21(2,14)15)20-12(13-10)22(3,16)17/h4-7H,1-3H3. The minimum atomic E-state index is -4.25. The average molecular weight is 396 g/mol. The van der Waals surface area contributed by atoms with E-state index in [4.69, 9.17) is 0 Å². The molecule has 0 N–H and O–H groups in total. The fourth-order valence-corrected chi connectivity index (χ4v) is 7.07. The Kier molecular flexibility index (Phi) is 4.43. The van der Waals surface area contributed by atoms with Gasteiger partial charge in [0.15, 0.2) is 19.1 Å². The predicted octanol–water partition coefficient (Wildman–Crippen LogP) is 1.09. The fraction of sp³-hybridized carbons (Fsp3) is 0.250. The fourth-order valence-electron chi connectivity index (χ4n) is 1.67. The Balaban J connectivity index is 2.81. The molecule has 0 saturated carbocycles. The summed E-state index contributed by atoms with van der Waals surface area (Å²) in [6, 6.07) is 5.74. The maximum atomic E-state index is 12.6. The zero-order valence-corrected chi connectivity index (χ0v) is 15.6. The third kappa shape index (κ3) is 3.62. The van der Waals surface area contributed by atoms with Crippen molar-refractivity contribution in [1.29, 1.82) is 0 Å². The molecule has 0 fully saturated rings. The van der Waals surface area contributed by atoms with Crippen molar-refractivity contribution in [3.8, 4) is 0 Å². The lowest BCUT2D eigenvalue weighted by atomic mass is 10.2. The predicted molar refractivity (Wildman–Crippen MR) is 85.0 cm³/mol. The van der Waals surface area contributed by atoms with Crippen LogP contribution >= 0.6 is 11.3 Å². The molecule has 0 aliphatic rings. The summed E-state index contributed by atoms with van der Waals surface area (Å²) in [6.07, 6.45) is 1.64. The van der Waals surface area contributed by atoms with Crippen LogP contribution in [0.25, 0.3) is 0 Å². The van der Waals surface area contributed by atoms with Crippen LogP contribution in [0, 0.1) is 6.92 Å². The average Bonchev–Trinajstić information content (AvgIpc) is 2.84. The van der Waals surface area contributed by atoms with Gasteiger partial charge in [0.2, 0.25) is 24.0 Å². The van der Waals surface area contributed by atoms with Crippen molar-refractivity contribution in [2.24, 2.45) is 0 Å². The second-order valence-electron chi connectivity index (χ2n) is 4.93. The Labute approximate surface area is 138 Å². The van der Waals surface area contributed by atoms with Gasteiger partial charge in [-0.1, -0.05) is 29.0 Å². The molecule has 0 atom stereocenters. The lowest BCUT2D eigenvalue weighted by Gasteiger charge is -2.04. The molecular weight excluding hydrogens is 382 g/mol. The minimum absolute atomic E-state index is 0.154. The van der Waals surface area contributed by atoms with Gasteiger partial charge >= 0.3 is 0 Å². The van der Waals surface area contributed by atoms with Crippen molar-refractivity contribution < 1.29 is 25.3 Å². The summed E-state index contributed by atoms with van der Waals surface area (Å²) in [7, 11) is -12.0. The summed E-state index contributed by atoms with van der Waals surface area (Å²) in [6.45, 7) is 1.77. The van der Waals surface area contributed by atoms with Crippen LogP contribution < -0.4 is 0 Å². The second kappa shape index (κ2) is 5.65. The van der Waals surface area contributed by atoms with Crippen LogP contribution in [-0.4, -0.2) is 42.7 Å². The van der Waals surface area contributed by atoms with E-state index >= 15 is 0 Å². The third-order valence-corrected chi connectivity index (χ3v) is 9.30. The summed E-state index contributed by atoms with van der Waals surface area (Å²) in [5.74, 6) is 0. The van der Waals surface area contributed by atoms with E-state index in [1.165, 1.54) is 12.1 Å². The smallest absolute Gasteiger partial charge is 0.223 e. The first-order chi connectivity index (χ1) is 10.3. The van der Waals surface area contributed by atoms with Gasteiger partial charge in [0.1, 0.15) is 0 Å². The molecule has 11 heteroatoms. The minimum Gasteiger partial charge on any atom is -0.223 e. The summed E-state index contributed by atoms with van der Waals surface area (Å²) >= 11 is 0.332. The molecule has 1 aromatic carbocycles. The molecule has 0 aliphatic heterocycles. The first-order valence-corrected chi connectivity index (χ1v) is 12.1. The molecule has 2 rings (SSSR count).